The predicted molar refractivity (Wildman–Crippen MR) is 142 cm³/mol. The topological polar surface area (TPSA) is 108 Å². The highest BCUT2D eigenvalue weighted by Crippen LogP contribution is 2.31. The zero-order valence-corrected chi connectivity index (χ0v) is 21.0. The molecule has 7 nitrogen and oxygen atoms in total. The summed E-state index contributed by atoms with van der Waals surface area (Å²) in [6.07, 6.45) is 0.599. The number of aromatic nitrogens is 1. The summed E-state index contributed by atoms with van der Waals surface area (Å²) in [7, 11) is 0. The second-order valence-corrected chi connectivity index (χ2v) is 10.4. The van der Waals surface area contributed by atoms with E-state index in [0.717, 1.165) is 15.5 Å². The molecule has 0 bridgehead atoms. The Bertz CT molecular complexity index is 1350. The van der Waals surface area contributed by atoms with Gasteiger partial charge in [0.2, 0.25) is 5.91 Å². The lowest BCUT2D eigenvalue weighted by Crippen LogP contribution is -2.24. The van der Waals surface area contributed by atoms with Crippen LogP contribution in [0.4, 0.5) is 10.8 Å². The minimum Gasteiger partial charge on any atom is -0.478 e. The minimum absolute atomic E-state index is 0.0670. The number of aromatic carboxylic acids is 1. The maximum absolute atomic E-state index is 12.9. The fraction of sp³-hybridized carbons (Fsp3) is 0.120. The Morgan fingerprint density at radius 2 is 1.80 bits per heavy atom. The molecule has 0 spiro atoms. The molecule has 1 unspecified atom stereocenters. The Morgan fingerprint density at radius 1 is 1.00 bits per heavy atom. The third-order valence-corrected chi connectivity index (χ3v) is 7.95. The van der Waals surface area contributed by atoms with Crippen molar-refractivity contribution < 1.29 is 19.5 Å². The lowest BCUT2D eigenvalue weighted by molar-refractivity contribution is -0.115. The number of rotatable bonds is 9. The van der Waals surface area contributed by atoms with Crippen molar-refractivity contribution in [1.82, 2.24) is 4.98 Å². The molecule has 178 valence electrons. The number of amides is 2. The summed E-state index contributed by atoms with van der Waals surface area (Å²) in [6.45, 7) is 1.94. The van der Waals surface area contributed by atoms with Gasteiger partial charge in [-0.15, -0.1) is 34.4 Å². The first kappa shape index (κ1) is 24.6. The maximum atomic E-state index is 12.9. The summed E-state index contributed by atoms with van der Waals surface area (Å²) < 4.78 is 0. The van der Waals surface area contributed by atoms with Gasteiger partial charge in [-0.25, -0.2) is 9.78 Å². The highest BCUT2D eigenvalue weighted by molar-refractivity contribution is 8.00. The number of anilines is 2. The Kier molecular flexibility index (Phi) is 7.96. The number of nitrogens with zero attached hydrogens (tertiary/aromatic N) is 1. The van der Waals surface area contributed by atoms with Gasteiger partial charge in [-0.2, -0.15) is 0 Å². The van der Waals surface area contributed by atoms with Crippen LogP contribution in [0.5, 0.6) is 0 Å². The first-order valence-electron chi connectivity index (χ1n) is 10.6. The average molecular weight is 524 g/mol. The van der Waals surface area contributed by atoms with E-state index >= 15 is 0 Å². The molecule has 0 saturated carbocycles. The molecule has 0 aliphatic rings. The molecule has 0 aliphatic carbocycles. The van der Waals surface area contributed by atoms with Crippen LogP contribution < -0.4 is 10.6 Å². The van der Waals surface area contributed by atoms with Crippen molar-refractivity contribution in [2.24, 2.45) is 0 Å². The molecule has 2 heterocycles. The van der Waals surface area contributed by atoms with E-state index < -0.39 is 11.9 Å². The molecule has 0 saturated heterocycles. The zero-order chi connectivity index (χ0) is 24.8. The summed E-state index contributed by atoms with van der Waals surface area (Å²) in [6, 6.07) is 17.1. The molecular weight excluding hydrogens is 502 g/mol. The van der Waals surface area contributed by atoms with Crippen LogP contribution in [0.3, 0.4) is 0 Å². The number of nitrogens with one attached hydrogen (secondary N) is 2. The molecule has 2 aromatic heterocycles. The molecule has 3 N–H and O–H groups in total. The Hall–Kier alpha value is -3.47. The van der Waals surface area contributed by atoms with Gasteiger partial charge in [-0.3, -0.25) is 9.59 Å². The largest absolute Gasteiger partial charge is 0.478 e. The lowest BCUT2D eigenvalue weighted by Gasteiger charge is -2.14. The summed E-state index contributed by atoms with van der Waals surface area (Å²) in [5, 5.41) is 19.1. The first-order chi connectivity index (χ1) is 16.9. The van der Waals surface area contributed by atoms with Crippen molar-refractivity contribution in [2.45, 2.75) is 23.5 Å². The van der Waals surface area contributed by atoms with Gasteiger partial charge in [0, 0.05) is 16.0 Å². The summed E-state index contributed by atoms with van der Waals surface area (Å²) in [4.78, 5) is 43.4. The normalized spacial score (nSPS) is 11.6. The van der Waals surface area contributed by atoms with Gasteiger partial charge in [-0.1, -0.05) is 31.2 Å². The van der Waals surface area contributed by atoms with Gasteiger partial charge in [-0.05, 0) is 48.2 Å². The van der Waals surface area contributed by atoms with Crippen LogP contribution >= 0.6 is 34.4 Å². The molecule has 35 heavy (non-hydrogen) atoms. The lowest BCUT2D eigenvalue weighted by atomic mass is 10.1. The molecule has 2 aromatic carbocycles. The van der Waals surface area contributed by atoms with E-state index in [1.54, 1.807) is 41.7 Å². The van der Waals surface area contributed by atoms with Gasteiger partial charge >= 0.3 is 5.97 Å². The maximum Gasteiger partial charge on any atom is 0.336 e. The first-order valence-corrected chi connectivity index (χ1v) is 13.3. The number of carbonyl (C=O) groups excluding carboxylic acids is 2. The van der Waals surface area contributed by atoms with Crippen LogP contribution in [0.15, 0.2) is 76.3 Å². The van der Waals surface area contributed by atoms with E-state index in [1.165, 1.54) is 35.2 Å². The second kappa shape index (κ2) is 11.3. The van der Waals surface area contributed by atoms with Crippen LogP contribution in [0.25, 0.3) is 10.6 Å². The predicted octanol–water partition coefficient (Wildman–Crippen LogP) is 6.33. The van der Waals surface area contributed by atoms with Crippen LogP contribution in [-0.2, 0) is 4.79 Å². The molecule has 10 heteroatoms. The average Bonchev–Trinajstić information content (AvgIpc) is 3.55. The van der Waals surface area contributed by atoms with Crippen LogP contribution in [0.2, 0.25) is 0 Å². The number of hydrogen-bond acceptors (Lipinski definition) is 7. The van der Waals surface area contributed by atoms with Gasteiger partial charge in [0.15, 0.2) is 5.13 Å². The third-order valence-electron chi connectivity index (χ3n) is 4.94. The molecule has 2 amide bonds. The standard InChI is InChI=1S/C25H21N3O4S3/c1-2-20(23(30)28-25-27-19(14-34-25)21-11-6-12-33-21)35-16-8-5-7-15(13-16)26-22(29)17-9-3-4-10-18(17)24(31)32/h3-14,20H,2H2,1H3,(H,26,29)(H,31,32)(H,27,28,30). The zero-order valence-electron chi connectivity index (χ0n) is 18.6. The van der Waals surface area contributed by atoms with Gasteiger partial charge in [0.1, 0.15) is 0 Å². The quantitative estimate of drug-likeness (QED) is 0.221. The fourth-order valence-corrected chi connectivity index (χ4v) is 5.74. The number of hydrogen-bond donors (Lipinski definition) is 3. The third kappa shape index (κ3) is 6.16. The SMILES string of the molecule is CCC(Sc1cccc(NC(=O)c2ccccc2C(=O)O)c1)C(=O)Nc1nc(-c2cccs2)cs1. The van der Waals surface area contributed by atoms with E-state index in [0.29, 0.717) is 17.2 Å². The van der Waals surface area contributed by atoms with Crippen LogP contribution in [0, 0.1) is 0 Å². The monoisotopic (exact) mass is 523 g/mol. The van der Waals surface area contributed by atoms with E-state index in [4.69, 9.17) is 0 Å². The number of carboxylic acids is 1. The number of carbonyl (C=O) groups is 3. The minimum atomic E-state index is -1.17. The summed E-state index contributed by atoms with van der Waals surface area (Å²) in [5.74, 6) is -1.82. The molecule has 0 fully saturated rings. The van der Waals surface area contributed by atoms with Crippen molar-refractivity contribution in [2.75, 3.05) is 10.6 Å². The molecule has 0 aliphatic heterocycles. The van der Waals surface area contributed by atoms with Crippen molar-refractivity contribution >= 4 is 63.0 Å². The van der Waals surface area contributed by atoms with Crippen LogP contribution in [0.1, 0.15) is 34.1 Å². The Morgan fingerprint density at radius 3 is 2.51 bits per heavy atom. The fourth-order valence-electron chi connectivity index (χ4n) is 3.25. The highest BCUT2D eigenvalue weighted by atomic mass is 32.2. The number of thiophene rings is 1. The highest BCUT2D eigenvalue weighted by Gasteiger charge is 2.20. The summed E-state index contributed by atoms with van der Waals surface area (Å²) in [5.41, 5.74) is 1.36. The van der Waals surface area contributed by atoms with Crippen molar-refractivity contribution in [3.05, 3.63) is 82.6 Å². The van der Waals surface area contributed by atoms with Gasteiger partial charge < -0.3 is 15.7 Å². The van der Waals surface area contributed by atoms with Crippen molar-refractivity contribution in [1.29, 1.82) is 0 Å². The van der Waals surface area contributed by atoms with Gasteiger partial charge in [0.05, 0.1) is 26.9 Å². The smallest absolute Gasteiger partial charge is 0.336 e. The van der Waals surface area contributed by atoms with E-state index in [9.17, 15) is 19.5 Å². The second-order valence-electron chi connectivity index (χ2n) is 7.35. The molecule has 4 rings (SSSR count). The van der Waals surface area contributed by atoms with Crippen molar-refractivity contribution in [3.63, 3.8) is 0 Å². The number of benzene rings is 2. The summed E-state index contributed by atoms with van der Waals surface area (Å²) >= 11 is 4.37. The molecule has 0 radical (unpaired) electrons. The van der Waals surface area contributed by atoms with E-state index in [-0.39, 0.29) is 22.3 Å². The number of carboxylic acid groups (broad SMARTS) is 1. The van der Waals surface area contributed by atoms with E-state index in [2.05, 4.69) is 15.6 Å². The van der Waals surface area contributed by atoms with E-state index in [1.807, 2.05) is 35.9 Å². The molecular formula is C25H21N3O4S3. The number of thioether (sulfide) groups is 1. The molecule has 4 aromatic rings. The number of thiazole rings is 1. The van der Waals surface area contributed by atoms with Gasteiger partial charge in [0.25, 0.3) is 5.91 Å². The van der Waals surface area contributed by atoms with Crippen LogP contribution in [-0.4, -0.2) is 33.1 Å². The Balaban J connectivity index is 1.42. The van der Waals surface area contributed by atoms with Crippen molar-refractivity contribution in [3.8, 4) is 10.6 Å². The Labute approximate surface area is 214 Å². The molecule has 1 atom stereocenters.